The number of amides is 2. The lowest BCUT2D eigenvalue weighted by Crippen LogP contribution is -2.38. The lowest BCUT2D eigenvalue weighted by atomic mass is 10.0. The van der Waals surface area contributed by atoms with Gasteiger partial charge in [-0.25, -0.2) is 19.2 Å². The van der Waals surface area contributed by atoms with Gasteiger partial charge in [-0.05, 0) is 24.6 Å². The summed E-state index contributed by atoms with van der Waals surface area (Å²) < 4.78 is 20.5. The molecule has 3 heterocycles. The largest absolute Gasteiger partial charge is 0.466 e. The number of imide groups is 1. The number of fused-ring (bicyclic) bond motifs is 1. The topological polar surface area (TPSA) is 159 Å². The van der Waals surface area contributed by atoms with Gasteiger partial charge in [-0.15, -0.1) is 5.06 Å². The number of nitrogens with zero attached hydrogens (tertiary/aromatic N) is 2. The zero-order valence-electron chi connectivity index (χ0n) is 20.2. The number of hydrogen-bond donors (Lipinski definition) is 0. The van der Waals surface area contributed by atoms with E-state index in [0.717, 1.165) is 0 Å². The van der Waals surface area contributed by atoms with Gasteiger partial charge < -0.3 is 28.4 Å². The Hall–Kier alpha value is -4.52. The summed E-state index contributed by atoms with van der Waals surface area (Å²) in [5.41, 5.74) is -0.0405. The molecule has 0 N–H and O–H groups in total. The van der Waals surface area contributed by atoms with E-state index in [4.69, 9.17) is 23.5 Å². The number of methoxy groups -OCH3 is 2. The summed E-state index contributed by atoms with van der Waals surface area (Å²) in [5, 5.41) is 0.886. The monoisotopic (exact) mass is 514 g/mol. The molecule has 1 aromatic carbocycles. The van der Waals surface area contributed by atoms with Crippen molar-refractivity contribution in [1.82, 2.24) is 5.06 Å². The van der Waals surface area contributed by atoms with Gasteiger partial charge in [-0.1, -0.05) is 0 Å². The van der Waals surface area contributed by atoms with E-state index < -0.39 is 41.8 Å². The van der Waals surface area contributed by atoms with Gasteiger partial charge in [0.2, 0.25) is 0 Å². The van der Waals surface area contributed by atoms with Crippen LogP contribution in [0.2, 0.25) is 0 Å². The Kier molecular flexibility index (Phi) is 7.07. The Bertz CT molecular complexity index is 1410. The first-order valence-corrected chi connectivity index (χ1v) is 11.0. The maximum Gasteiger partial charge on any atom is 0.355 e. The van der Waals surface area contributed by atoms with Crippen LogP contribution in [0, 0.1) is 6.92 Å². The molecule has 13 heteroatoms. The number of benzene rings is 1. The minimum atomic E-state index is -0.969. The van der Waals surface area contributed by atoms with E-state index >= 15 is 0 Å². The highest BCUT2D eigenvalue weighted by atomic mass is 16.7. The number of ether oxygens (including phenoxy) is 3. The third-order valence-electron chi connectivity index (χ3n) is 5.94. The fourth-order valence-electron chi connectivity index (χ4n) is 4.04. The Morgan fingerprint density at radius 3 is 2.32 bits per heavy atom. The van der Waals surface area contributed by atoms with E-state index in [1.165, 1.54) is 25.2 Å². The molecule has 2 aliphatic rings. The van der Waals surface area contributed by atoms with Crippen molar-refractivity contribution in [2.45, 2.75) is 26.2 Å². The first kappa shape index (κ1) is 25.6. The zero-order chi connectivity index (χ0) is 26.9. The molecule has 4 rings (SSSR count). The standard InChI is InChI=1S/C24H22N2O11/c1-12-14-5-4-13(25-11-35-10-16(22(30)33-2)21(25)24(32)34-3)8-17(14)36-23(31)15(12)9-20(29)37-26-18(27)6-7-19(26)28/h4-5,8H,6-7,9-11H2,1-3H3. The number of rotatable bonds is 6. The molecule has 0 aliphatic carbocycles. The van der Waals surface area contributed by atoms with Gasteiger partial charge >= 0.3 is 23.5 Å². The van der Waals surface area contributed by atoms with Crippen molar-refractivity contribution in [3.05, 3.63) is 51.0 Å². The van der Waals surface area contributed by atoms with Crippen LogP contribution in [0.25, 0.3) is 11.0 Å². The predicted molar refractivity (Wildman–Crippen MR) is 122 cm³/mol. The molecular weight excluding hydrogens is 492 g/mol. The van der Waals surface area contributed by atoms with Crippen molar-refractivity contribution >= 4 is 46.4 Å². The predicted octanol–water partition coefficient (Wildman–Crippen LogP) is 0.645. The summed E-state index contributed by atoms with van der Waals surface area (Å²) in [4.78, 5) is 79.4. The Morgan fingerprint density at radius 1 is 1.00 bits per heavy atom. The molecule has 2 amide bonds. The Morgan fingerprint density at radius 2 is 1.68 bits per heavy atom. The number of esters is 2. The lowest BCUT2D eigenvalue weighted by Gasteiger charge is -2.31. The molecule has 1 saturated heterocycles. The third kappa shape index (κ3) is 4.80. The summed E-state index contributed by atoms with van der Waals surface area (Å²) in [5.74, 6) is -3.79. The number of hydrogen-bond acceptors (Lipinski definition) is 12. The van der Waals surface area contributed by atoms with Crippen molar-refractivity contribution in [2.75, 3.05) is 32.5 Å². The number of hydroxylamine groups is 2. The van der Waals surface area contributed by atoms with Crippen LogP contribution in [0.3, 0.4) is 0 Å². The smallest absolute Gasteiger partial charge is 0.355 e. The fourth-order valence-corrected chi connectivity index (χ4v) is 4.04. The van der Waals surface area contributed by atoms with E-state index in [2.05, 4.69) is 0 Å². The van der Waals surface area contributed by atoms with E-state index in [1.54, 1.807) is 19.1 Å². The fraction of sp³-hybridized carbons (Fsp3) is 0.333. The van der Waals surface area contributed by atoms with Crippen LogP contribution in [-0.4, -0.2) is 62.3 Å². The van der Waals surface area contributed by atoms with Gasteiger partial charge in [0.15, 0.2) is 0 Å². The first-order chi connectivity index (χ1) is 17.7. The van der Waals surface area contributed by atoms with Crippen molar-refractivity contribution in [1.29, 1.82) is 0 Å². The molecule has 0 bridgehead atoms. The second kappa shape index (κ2) is 10.2. The molecule has 0 unspecified atom stereocenters. The minimum absolute atomic E-state index is 0.00576. The molecule has 37 heavy (non-hydrogen) atoms. The van der Waals surface area contributed by atoms with E-state index in [-0.39, 0.29) is 48.6 Å². The van der Waals surface area contributed by atoms with Gasteiger partial charge in [0.1, 0.15) is 18.0 Å². The van der Waals surface area contributed by atoms with Crippen LogP contribution < -0.4 is 10.5 Å². The van der Waals surface area contributed by atoms with Crippen LogP contribution >= 0.6 is 0 Å². The number of aryl methyl sites for hydroxylation is 1. The van der Waals surface area contributed by atoms with Crippen molar-refractivity contribution in [3.8, 4) is 0 Å². The average Bonchev–Trinajstić information content (AvgIpc) is 3.21. The third-order valence-corrected chi connectivity index (χ3v) is 5.94. The van der Waals surface area contributed by atoms with Gasteiger partial charge in [-0.2, -0.15) is 0 Å². The highest BCUT2D eigenvalue weighted by molar-refractivity contribution is 6.04. The van der Waals surface area contributed by atoms with Crippen molar-refractivity contribution in [2.24, 2.45) is 0 Å². The molecule has 2 aliphatic heterocycles. The Balaban J connectivity index is 1.68. The Labute approximate surface area is 209 Å². The first-order valence-electron chi connectivity index (χ1n) is 11.0. The van der Waals surface area contributed by atoms with Gasteiger partial charge in [0.05, 0.1) is 38.4 Å². The molecule has 194 valence electrons. The van der Waals surface area contributed by atoms with E-state index in [1.807, 2.05) is 0 Å². The molecule has 0 spiro atoms. The molecule has 1 aromatic heterocycles. The molecule has 2 aromatic rings. The number of carbonyl (C=O) groups is 5. The number of anilines is 1. The van der Waals surface area contributed by atoms with Crippen LogP contribution in [0.1, 0.15) is 24.0 Å². The molecule has 0 radical (unpaired) electrons. The maximum absolute atomic E-state index is 12.7. The second-order valence-electron chi connectivity index (χ2n) is 8.11. The van der Waals surface area contributed by atoms with Gasteiger partial charge in [0, 0.05) is 30.0 Å². The van der Waals surface area contributed by atoms with Crippen molar-refractivity contribution in [3.63, 3.8) is 0 Å². The summed E-state index contributed by atoms with van der Waals surface area (Å²) in [6, 6.07) is 4.68. The second-order valence-corrected chi connectivity index (χ2v) is 8.11. The molecule has 1 fully saturated rings. The molecule has 13 nitrogen and oxygen atoms in total. The summed E-state index contributed by atoms with van der Waals surface area (Å²) in [6.45, 7) is 1.34. The van der Waals surface area contributed by atoms with Crippen molar-refractivity contribution < 1.29 is 47.4 Å². The zero-order valence-corrected chi connectivity index (χ0v) is 20.2. The lowest BCUT2D eigenvalue weighted by molar-refractivity contribution is -0.197. The number of carbonyl (C=O) groups excluding carboxylic acids is 5. The summed E-state index contributed by atoms with van der Waals surface area (Å²) >= 11 is 0. The van der Waals surface area contributed by atoms with Gasteiger partial charge in [0.25, 0.3) is 11.8 Å². The summed E-state index contributed by atoms with van der Waals surface area (Å²) in [6.07, 6.45) is -0.635. The molecular formula is C24H22N2O11. The van der Waals surface area contributed by atoms with Crippen LogP contribution in [0.15, 0.2) is 38.7 Å². The van der Waals surface area contributed by atoms with E-state index in [9.17, 15) is 28.8 Å². The highest BCUT2D eigenvalue weighted by Crippen LogP contribution is 2.30. The van der Waals surface area contributed by atoms with E-state index in [0.29, 0.717) is 21.7 Å². The molecule has 0 atom stereocenters. The minimum Gasteiger partial charge on any atom is -0.466 e. The van der Waals surface area contributed by atoms with Crippen LogP contribution in [0.5, 0.6) is 0 Å². The molecule has 0 saturated carbocycles. The van der Waals surface area contributed by atoms with Crippen LogP contribution in [-0.2, 0) is 49.4 Å². The van der Waals surface area contributed by atoms with Gasteiger partial charge in [-0.3, -0.25) is 9.59 Å². The van der Waals surface area contributed by atoms with Crippen LogP contribution in [0.4, 0.5) is 5.69 Å². The summed E-state index contributed by atoms with van der Waals surface area (Å²) in [7, 11) is 2.34. The SMILES string of the molecule is COC(=O)C1=C(C(=O)OC)N(c2ccc3c(C)c(CC(=O)ON4C(=O)CCC4=O)c(=O)oc3c2)COC1. The quantitative estimate of drug-likeness (QED) is 0.301. The normalized spacial score (nSPS) is 15.9. The maximum atomic E-state index is 12.7. The highest BCUT2D eigenvalue weighted by Gasteiger charge is 2.34. The average molecular weight is 514 g/mol.